The van der Waals surface area contributed by atoms with Crippen LogP contribution in [0.2, 0.25) is 0 Å². The third-order valence-electron chi connectivity index (χ3n) is 3.32. The maximum atomic E-state index is 12.1. The second-order valence-electron chi connectivity index (χ2n) is 5.14. The van der Waals surface area contributed by atoms with Gasteiger partial charge in [0.15, 0.2) is 11.0 Å². The summed E-state index contributed by atoms with van der Waals surface area (Å²) in [6, 6.07) is 7.64. The van der Waals surface area contributed by atoms with E-state index >= 15 is 0 Å². The van der Waals surface area contributed by atoms with Gasteiger partial charge in [0.2, 0.25) is 5.91 Å². The number of halogens is 1. The second-order valence-corrected chi connectivity index (χ2v) is 7.90. The summed E-state index contributed by atoms with van der Waals surface area (Å²) in [5.74, 6) is 0.656. The van der Waals surface area contributed by atoms with Crippen molar-refractivity contribution >= 4 is 56.3 Å². The van der Waals surface area contributed by atoms with Gasteiger partial charge in [0, 0.05) is 34.7 Å². The highest BCUT2D eigenvalue weighted by atomic mass is 79.9. The number of rotatable bonds is 6. The van der Waals surface area contributed by atoms with Crippen LogP contribution >= 0.6 is 39.0 Å². The summed E-state index contributed by atoms with van der Waals surface area (Å²) in [6.45, 7) is 0. The number of amides is 1. The molecule has 11 heteroatoms. The lowest BCUT2D eigenvalue weighted by Crippen LogP contribution is -2.14. The van der Waals surface area contributed by atoms with Gasteiger partial charge in [0.25, 0.3) is 5.69 Å². The summed E-state index contributed by atoms with van der Waals surface area (Å²) >= 11 is 6.23. The van der Waals surface area contributed by atoms with E-state index in [1.807, 2.05) is 23.1 Å². The first-order valence-electron chi connectivity index (χ1n) is 7.25. The van der Waals surface area contributed by atoms with Crippen molar-refractivity contribution in [1.29, 1.82) is 0 Å². The summed E-state index contributed by atoms with van der Waals surface area (Å²) in [5, 5.41) is 24.2. The van der Waals surface area contributed by atoms with E-state index in [-0.39, 0.29) is 17.3 Å². The SMILES string of the molecule is Cn1c(SCC(=O)Nc2ccc([N+](=O)[O-])cc2)nnc1-c1cc(Br)cs1. The number of benzene rings is 1. The summed E-state index contributed by atoms with van der Waals surface area (Å²) in [5.41, 5.74) is 0.479. The molecule has 3 aromatic rings. The third kappa shape index (κ3) is 4.29. The molecule has 0 aliphatic rings. The Labute approximate surface area is 164 Å². The number of thioether (sulfide) groups is 1. The van der Waals surface area contributed by atoms with Gasteiger partial charge in [-0.1, -0.05) is 11.8 Å². The molecular weight excluding hydrogens is 442 g/mol. The zero-order valence-electron chi connectivity index (χ0n) is 13.4. The van der Waals surface area contributed by atoms with Gasteiger partial charge < -0.3 is 9.88 Å². The first-order valence-corrected chi connectivity index (χ1v) is 9.91. The number of non-ortho nitro benzene ring substituents is 1. The quantitative estimate of drug-likeness (QED) is 0.344. The maximum Gasteiger partial charge on any atom is 0.269 e. The topological polar surface area (TPSA) is 103 Å². The van der Waals surface area contributed by atoms with Crippen molar-refractivity contribution in [2.24, 2.45) is 7.05 Å². The Morgan fingerprint density at radius 1 is 1.38 bits per heavy atom. The van der Waals surface area contributed by atoms with Gasteiger partial charge in [0.05, 0.1) is 15.6 Å². The highest BCUT2D eigenvalue weighted by molar-refractivity contribution is 9.10. The summed E-state index contributed by atoms with van der Waals surface area (Å²) < 4.78 is 2.82. The molecule has 1 amide bonds. The Morgan fingerprint density at radius 2 is 2.12 bits per heavy atom. The van der Waals surface area contributed by atoms with Gasteiger partial charge in [-0.25, -0.2) is 0 Å². The molecule has 0 atom stereocenters. The fourth-order valence-corrected chi connectivity index (χ4v) is 4.24. The van der Waals surface area contributed by atoms with Crippen LogP contribution < -0.4 is 5.32 Å². The molecule has 0 bridgehead atoms. The first kappa shape index (κ1) is 18.5. The molecule has 1 N–H and O–H groups in total. The van der Waals surface area contributed by atoms with E-state index in [9.17, 15) is 14.9 Å². The third-order valence-corrected chi connectivity index (χ3v) is 6.02. The minimum absolute atomic E-state index is 0.0239. The van der Waals surface area contributed by atoms with E-state index in [0.29, 0.717) is 10.8 Å². The van der Waals surface area contributed by atoms with Crippen LogP contribution in [0, 0.1) is 10.1 Å². The standard InChI is InChI=1S/C15H12BrN5O3S2/c1-20-14(12-6-9(16)7-25-12)18-19-15(20)26-8-13(22)17-10-2-4-11(5-3-10)21(23)24/h2-7H,8H2,1H3,(H,17,22). The molecule has 3 rings (SSSR count). The van der Waals surface area contributed by atoms with E-state index in [4.69, 9.17) is 0 Å². The zero-order valence-corrected chi connectivity index (χ0v) is 16.6. The molecule has 0 saturated heterocycles. The van der Waals surface area contributed by atoms with Gasteiger partial charge >= 0.3 is 0 Å². The number of nitrogens with zero attached hydrogens (tertiary/aromatic N) is 4. The van der Waals surface area contributed by atoms with Crippen LogP contribution in [-0.4, -0.2) is 31.3 Å². The van der Waals surface area contributed by atoms with Crippen LogP contribution in [0.25, 0.3) is 10.7 Å². The van der Waals surface area contributed by atoms with Crippen molar-refractivity contribution in [2.45, 2.75) is 5.16 Å². The molecule has 0 unspecified atom stereocenters. The number of hydrogen-bond acceptors (Lipinski definition) is 7. The normalized spacial score (nSPS) is 10.7. The van der Waals surface area contributed by atoms with Gasteiger partial charge in [-0.15, -0.1) is 21.5 Å². The Morgan fingerprint density at radius 3 is 2.73 bits per heavy atom. The molecule has 2 heterocycles. The molecule has 2 aromatic heterocycles. The fraction of sp³-hybridized carbons (Fsp3) is 0.133. The number of anilines is 1. The number of carbonyl (C=O) groups is 1. The smallest absolute Gasteiger partial charge is 0.269 e. The van der Waals surface area contributed by atoms with E-state index < -0.39 is 4.92 Å². The van der Waals surface area contributed by atoms with Crippen molar-refractivity contribution in [1.82, 2.24) is 14.8 Å². The van der Waals surface area contributed by atoms with Crippen LogP contribution in [0.15, 0.2) is 45.3 Å². The maximum absolute atomic E-state index is 12.1. The molecule has 0 spiro atoms. The molecular formula is C15H12BrN5O3S2. The van der Waals surface area contributed by atoms with Crippen LogP contribution in [-0.2, 0) is 11.8 Å². The van der Waals surface area contributed by atoms with E-state index in [1.54, 1.807) is 11.3 Å². The number of nitro benzene ring substituents is 1. The molecule has 1 aromatic carbocycles. The molecule has 0 aliphatic heterocycles. The average Bonchev–Trinajstić information content (AvgIpc) is 3.19. The Bertz CT molecular complexity index is 955. The number of thiophene rings is 1. The second kappa shape index (κ2) is 7.98. The highest BCUT2D eigenvalue weighted by Gasteiger charge is 2.14. The molecule has 8 nitrogen and oxygen atoms in total. The van der Waals surface area contributed by atoms with Crippen LogP contribution in [0.3, 0.4) is 0 Å². The van der Waals surface area contributed by atoms with Gasteiger partial charge in [0.1, 0.15) is 0 Å². The first-order chi connectivity index (χ1) is 12.4. The lowest BCUT2D eigenvalue weighted by Gasteiger charge is -2.05. The van der Waals surface area contributed by atoms with Crippen LogP contribution in [0.5, 0.6) is 0 Å². The minimum atomic E-state index is -0.487. The predicted molar refractivity (Wildman–Crippen MR) is 104 cm³/mol. The van der Waals surface area contributed by atoms with Gasteiger partial charge in [-0.3, -0.25) is 14.9 Å². The molecule has 0 radical (unpaired) electrons. The Balaban J connectivity index is 1.59. The summed E-state index contributed by atoms with van der Waals surface area (Å²) in [6.07, 6.45) is 0. The summed E-state index contributed by atoms with van der Waals surface area (Å²) in [7, 11) is 1.85. The molecule has 0 fully saturated rings. The number of nitrogens with one attached hydrogen (secondary N) is 1. The number of hydrogen-bond donors (Lipinski definition) is 1. The molecule has 26 heavy (non-hydrogen) atoms. The Hall–Kier alpha value is -2.24. The average molecular weight is 454 g/mol. The highest BCUT2D eigenvalue weighted by Crippen LogP contribution is 2.30. The van der Waals surface area contributed by atoms with Crippen molar-refractivity contribution in [3.63, 3.8) is 0 Å². The monoisotopic (exact) mass is 453 g/mol. The van der Waals surface area contributed by atoms with Gasteiger partial charge in [-0.2, -0.15) is 0 Å². The fourth-order valence-electron chi connectivity index (χ4n) is 2.08. The van der Waals surface area contributed by atoms with E-state index in [0.717, 1.165) is 15.2 Å². The van der Waals surface area contributed by atoms with Crippen molar-refractivity contribution in [3.8, 4) is 10.7 Å². The number of carbonyl (C=O) groups excluding carboxylic acids is 1. The molecule has 0 aliphatic carbocycles. The Kier molecular flexibility index (Phi) is 5.69. The van der Waals surface area contributed by atoms with Crippen molar-refractivity contribution < 1.29 is 9.72 Å². The van der Waals surface area contributed by atoms with E-state index in [1.165, 1.54) is 36.0 Å². The molecule has 0 saturated carbocycles. The van der Waals surface area contributed by atoms with Crippen LogP contribution in [0.4, 0.5) is 11.4 Å². The zero-order chi connectivity index (χ0) is 18.7. The lowest BCUT2D eigenvalue weighted by molar-refractivity contribution is -0.384. The predicted octanol–water partition coefficient (Wildman–Crippen LogP) is 3.95. The lowest BCUT2D eigenvalue weighted by atomic mass is 10.3. The van der Waals surface area contributed by atoms with Gasteiger partial charge in [-0.05, 0) is 34.1 Å². The summed E-state index contributed by atoms with van der Waals surface area (Å²) in [4.78, 5) is 23.2. The number of nitro groups is 1. The van der Waals surface area contributed by atoms with Crippen molar-refractivity contribution in [2.75, 3.05) is 11.1 Å². The van der Waals surface area contributed by atoms with Crippen molar-refractivity contribution in [3.05, 3.63) is 50.3 Å². The van der Waals surface area contributed by atoms with Crippen LogP contribution in [0.1, 0.15) is 0 Å². The minimum Gasteiger partial charge on any atom is -0.325 e. The number of aromatic nitrogens is 3. The largest absolute Gasteiger partial charge is 0.325 e. The molecule has 134 valence electrons. The van der Waals surface area contributed by atoms with E-state index in [2.05, 4.69) is 31.4 Å².